The van der Waals surface area contributed by atoms with E-state index < -0.39 is 21.7 Å². The molecule has 31 heavy (non-hydrogen) atoms. The molecule has 0 aliphatic carbocycles. The van der Waals surface area contributed by atoms with E-state index in [9.17, 15) is 17.6 Å². The van der Waals surface area contributed by atoms with Crippen LogP contribution in [0.5, 0.6) is 0 Å². The molecule has 0 saturated heterocycles. The van der Waals surface area contributed by atoms with Crippen molar-refractivity contribution in [1.82, 2.24) is 4.98 Å². The minimum Gasteiger partial charge on any atom is -0.320 e. The fourth-order valence-electron chi connectivity index (χ4n) is 3.53. The Bertz CT molecular complexity index is 1260. The number of hydrogen-bond acceptors (Lipinski definition) is 4. The predicted molar refractivity (Wildman–Crippen MR) is 118 cm³/mol. The van der Waals surface area contributed by atoms with Gasteiger partial charge in [-0.05, 0) is 55.7 Å². The van der Waals surface area contributed by atoms with Gasteiger partial charge in [-0.25, -0.2) is 12.8 Å². The standard InChI is InChI=1S/C22H19ClFN3O3S/c1-14-5-2-6-16(11-14)31(29,30)27-10-4-9-19-20(27)12-15(13-25-19)26-22(28)21-17(23)7-3-8-18(21)24/h2-3,5-8,11-13H,4,9-10H2,1H3,(H,26,28). The van der Waals surface area contributed by atoms with E-state index in [-0.39, 0.29) is 21.2 Å². The zero-order valence-corrected chi connectivity index (χ0v) is 18.2. The number of pyridine rings is 1. The van der Waals surface area contributed by atoms with Gasteiger partial charge in [0.05, 0.1) is 38.7 Å². The van der Waals surface area contributed by atoms with Crippen molar-refractivity contribution in [2.45, 2.75) is 24.7 Å². The number of halogens is 2. The van der Waals surface area contributed by atoms with Crippen molar-refractivity contribution >= 4 is 38.9 Å². The molecule has 4 rings (SSSR count). The van der Waals surface area contributed by atoms with Crippen LogP contribution in [0.4, 0.5) is 15.8 Å². The number of carbonyl (C=O) groups is 1. The van der Waals surface area contributed by atoms with E-state index in [1.807, 2.05) is 13.0 Å². The van der Waals surface area contributed by atoms with Gasteiger partial charge >= 0.3 is 0 Å². The first-order valence-corrected chi connectivity index (χ1v) is 11.4. The van der Waals surface area contributed by atoms with Crippen molar-refractivity contribution in [1.29, 1.82) is 0 Å². The molecule has 0 spiro atoms. The third kappa shape index (κ3) is 4.13. The molecular formula is C22H19ClFN3O3S. The second-order valence-electron chi connectivity index (χ2n) is 7.24. The van der Waals surface area contributed by atoms with Gasteiger partial charge in [0.25, 0.3) is 15.9 Å². The van der Waals surface area contributed by atoms with Crippen molar-refractivity contribution in [3.05, 3.63) is 82.4 Å². The summed E-state index contributed by atoms with van der Waals surface area (Å²) in [6, 6.07) is 12.2. The largest absolute Gasteiger partial charge is 0.320 e. The lowest BCUT2D eigenvalue weighted by Crippen LogP contribution is -2.36. The predicted octanol–water partition coefficient (Wildman–Crippen LogP) is 4.58. The minimum atomic E-state index is -3.81. The number of benzene rings is 2. The van der Waals surface area contributed by atoms with Crippen LogP contribution in [0.15, 0.2) is 59.6 Å². The zero-order chi connectivity index (χ0) is 22.2. The summed E-state index contributed by atoms with van der Waals surface area (Å²) in [5, 5.41) is 2.54. The van der Waals surface area contributed by atoms with Gasteiger partial charge in [0.1, 0.15) is 5.82 Å². The molecule has 1 aliphatic rings. The first-order valence-electron chi connectivity index (χ1n) is 9.61. The van der Waals surface area contributed by atoms with E-state index in [1.165, 1.54) is 22.6 Å². The lowest BCUT2D eigenvalue weighted by molar-refractivity contribution is 0.102. The highest BCUT2D eigenvalue weighted by Gasteiger charge is 2.30. The molecule has 0 fully saturated rings. The molecule has 0 unspecified atom stereocenters. The number of anilines is 2. The highest BCUT2D eigenvalue weighted by atomic mass is 35.5. The van der Waals surface area contributed by atoms with Crippen LogP contribution in [-0.2, 0) is 16.4 Å². The third-order valence-corrected chi connectivity index (χ3v) is 7.14. The average molecular weight is 460 g/mol. The maximum absolute atomic E-state index is 14.1. The number of fused-ring (bicyclic) bond motifs is 1. The minimum absolute atomic E-state index is 0.0212. The second-order valence-corrected chi connectivity index (χ2v) is 9.51. The first kappa shape index (κ1) is 21.3. The monoisotopic (exact) mass is 459 g/mol. The van der Waals surface area contributed by atoms with Crippen molar-refractivity contribution in [2.24, 2.45) is 0 Å². The van der Waals surface area contributed by atoms with Gasteiger partial charge in [-0.3, -0.25) is 14.1 Å². The number of aromatic nitrogens is 1. The molecule has 2 aromatic carbocycles. The fourth-order valence-corrected chi connectivity index (χ4v) is 5.41. The Hall–Kier alpha value is -2.97. The van der Waals surface area contributed by atoms with Crippen LogP contribution >= 0.6 is 11.6 Å². The number of rotatable bonds is 4. The summed E-state index contributed by atoms with van der Waals surface area (Å²) in [6.07, 6.45) is 2.67. The smallest absolute Gasteiger partial charge is 0.264 e. The van der Waals surface area contributed by atoms with E-state index in [0.717, 1.165) is 11.6 Å². The van der Waals surface area contributed by atoms with Crippen LogP contribution in [0.25, 0.3) is 0 Å². The Labute approximate surface area is 184 Å². The Kier molecular flexibility index (Phi) is 5.68. The summed E-state index contributed by atoms with van der Waals surface area (Å²) in [5.74, 6) is -1.49. The van der Waals surface area contributed by atoms with E-state index in [1.54, 1.807) is 24.3 Å². The van der Waals surface area contributed by atoms with Crippen LogP contribution in [0.1, 0.15) is 28.0 Å². The Morgan fingerprint density at radius 1 is 1.19 bits per heavy atom. The molecule has 2 heterocycles. The molecule has 0 saturated carbocycles. The van der Waals surface area contributed by atoms with Crippen molar-refractivity contribution in [2.75, 3.05) is 16.2 Å². The number of amides is 1. The van der Waals surface area contributed by atoms with E-state index in [2.05, 4.69) is 10.3 Å². The molecule has 1 amide bonds. The summed E-state index contributed by atoms with van der Waals surface area (Å²) in [4.78, 5) is 17.1. The molecule has 0 atom stereocenters. The van der Waals surface area contributed by atoms with Crippen LogP contribution < -0.4 is 9.62 Å². The number of nitrogens with one attached hydrogen (secondary N) is 1. The quantitative estimate of drug-likeness (QED) is 0.619. The van der Waals surface area contributed by atoms with Crippen molar-refractivity contribution in [3.63, 3.8) is 0 Å². The summed E-state index contributed by atoms with van der Waals surface area (Å²) in [5.41, 5.74) is 1.80. The van der Waals surface area contributed by atoms with Gasteiger partial charge in [0, 0.05) is 6.54 Å². The average Bonchev–Trinajstić information content (AvgIpc) is 2.73. The summed E-state index contributed by atoms with van der Waals surface area (Å²) < 4.78 is 42.0. The van der Waals surface area contributed by atoms with Crippen molar-refractivity contribution in [3.8, 4) is 0 Å². The molecule has 1 N–H and O–H groups in total. The zero-order valence-electron chi connectivity index (χ0n) is 16.6. The molecule has 9 heteroatoms. The van der Waals surface area contributed by atoms with E-state index >= 15 is 0 Å². The highest BCUT2D eigenvalue weighted by molar-refractivity contribution is 7.92. The normalized spacial score (nSPS) is 13.6. The molecule has 1 aliphatic heterocycles. The Morgan fingerprint density at radius 2 is 1.97 bits per heavy atom. The number of carbonyl (C=O) groups excluding carboxylic acids is 1. The topological polar surface area (TPSA) is 79.4 Å². The lowest BCUT2D eigenvalue weighted by atomic mass is 10.1. The molecule has 0 bridgehead atoms. The SMILES string of the molecule is Cc1cccc(S(=O)(=O)N2CCCc3ncc(NC(=O)c4c(F)cccc4Cl)cc32)c1. The maximum atomic E-state index is 14.1. The van der Waals surface area contributed by atoms with Gasteiger partial charge < -0.3 is 5.32 Å². The summed E-state index contributed by atoms with van der Waals surface area (Å²) in [7, 11) is -3.81. The van der Waals surface area contributed by atoms with Crippen LogP contribution in [0, 0.1) is 12.7 Å². The van der Waals surface area contributed by atoms with Gasteiger partial charge in [0.2, 0.25) is 0 Å². The maximum Gasteiger partial charge on any atom is 0.264 e. The number of hydrogen-bond donors (Lipinski definition) is 1. The van der Waals surface area contributed by atoms with Crippen LogP contribution in [0.3, 0.4) is 0 Å². The van der Waals surface area contributed by atoms with Crippen molar-refractivity contribution < 1.29 is 17.6 Å². The van der Waals surface area contributed by atoms with E-state index in [4.69, 9.17) is 11.6 Å². The van der Waals surface area contributed by atoms with Crippen LogP contribution in [0.2, 0.25) is 5.02 Å². The van der Waals surface area contributed by atoms with Gasteiger partial charge in [-0.2, -0.15) is 0 Å². The van der Waals surface area contributed by atoms with E-state index in [0.29, 0.717) is 30.8 Å². The number of sulfonamides is 1. The Morgan fingerprint density at radius 3 is 2.71 bits per heavy atom. The van der Waals surface area contributed by atoms with Gasteiger partial charge in [-0.15, -0.1) is 0 Å². The molecule has 3 aromatic rings. The Balaban J connectivity index is 1.69. The second kappa shape index (κ2) is 8.28. The molecular weight excluding hydrogens is 441 g/mol. The number of aryl methyl sites for hydroxylation is 2. The first-order chi connectivity index (χ1) is 14.8. The number of nitrogens with zero attached hydrogens (tertiary/aromatic N) is 2. The highest BCUT2D eigenvalue weighted by Crippen LogP contribution is 2.33. The third-order valence-electron chi connectivity index (χ3n) is 5.02. The molecule has 0 radical (unpaired) electrons. The lowest BCUT2D eigenvalue weighted by Gasteiger charge is -2.30. The molecule has 160 valence electrons. The summed E-state index contributed by atoms with van der Waals surface area (Å²) in [6.45, 7) is 2.12. The summed E-state index contributed by atoms with van der Waals surface area (Å²) >= 11 is 5.97. The fraction of sp³-hybridized carbons (Fsp3) is 0.182. The molecule has 6 nitrogen and oxygen atoms in total. The van der Waals surface area contributed by atoms with Gasteiger partial charge in [0.15, 0.2) is 0 Å². The van der Waals surface area contributed by atoms with Gasteiger partial charge in [-0.1, -0.05) is 29.8 Å². The van der Waals surface area contributed by atoms with Crippen LogP contribution in [-0.4, -0.2) is 25.9 Å². The molecule has 1 aromatic heterocycles.